The molecule has 3 aromatic heterocycles. The fourth-order valence-electron chi connectivity index (χ4n) is 7.79. The average Bonchev–Trinajstić information content (AvgIpc) is 4.08. The van der Waals surface area contributed by atoms with E-state index in [1.165, 1.54) is 11.9 Å². The van der Waals surface area contributed by atoms with Crippen molar-refractivity contribution >= 4 is 47.3 Å². The first kappa shape index (κ1) is 41.0. The number of carbonyl (C=O) groups excluding carboxylic acids is 2. The van der Waals surface area contributed by atoms with Crippen molar-refractivity contribution in [1.82, 2.24) is 50.4 Å². The number of rotatable bonds is 13. The molecule has 0 radical (unpaired) electrons. The first-order chi connectivity index (χ1) is 28.3. The van der Waals surface area contributed by atoms with Crippen molar-refractivity contribution in [3.8, 4) is 0 Å². The quantitative estimate of drug-likeness (QED) is 0.105. The lowest BCUT2D eigenvalue weighted by Crippen LogP contribution is -2.43. The van der Waals surface area contributed by atoms with Crippen molar-refractivity contribution in [3.63, 3.8) is 0 Å². The van der Waals surface area contributed by atoms with Crippen molar-refractivity contribution < 1.29 is 24.5 Å². The number of aryl methyl sites for hydroxylation is 1. The molecular formula is C41H47ClN12O5. The van der Waals surface area contributed by atoms with E-state index in [9.17, 15) is 19.8 Å². The summed E-state index contributed by atoms with van der Waals surface area (Å²) < 4.78 is 6.57. The number of urea groups is 1. The van der Waals surface area contributed by atoms with Crippen LogP contribution in [0.1, 0.15) is 70.6 Å². The number of amides is 2. The molecule has 8 rings (SSSR count). The van der Waals surface area contributed by atoms with Gasteiger partial charge >= 0.3 is 12.0 Å². The van der Waals surface area contributed by atoms with E-state index in [1.54, 1.807) is 35.2 Å². The Kier molecular flexibility index (Phi) is 12.6. The van der Waals surface area contributed by atoms with Gasteiger partial charge in [0.05, 0.1) is 25.0 Å². The number of hydrogen-bond acceptors (Lipinski definition) is 13. The second-order valence-corrected chi connectivity index (χ2v) is 14.6. The summed E-state index contributed by atoms with van der Waals surface area (Å²) in [5.41, 5.74) is 4.58. The van der Waals surface area contributed by atoms with Gasteiger partial charge in [0.15, 0.2) is 22.8 Å². The highest BCUT2D eigenvalue weighted by molar-refractivity contribution is 5.89. The molecule has 18 heteroatoms. The molecule has 2 aliphatic rings. The lowest BCUT2D eigenvalue weighted by Gasteiger charge is -2.22. The minimum Gasteiger partial charge on any atom is -0.465 e. The number of halogens is 1. The van der Waals surface area contributed by atoms with Crippen LogP contribution in [-0.2, 0) is 17.7 Å². The van der Waals surface area contributed by atoms with Crippen molar-refractivity contribution in [2.45, 2.75) is 69.0 Å². The van der Waals surface area contributed by atoms with E-state index >= 15 is 0 Å². The van der Waals surface area contributed by atoms with Crippen molar-refractivity contribution in [2.24, 2.45) is 0 Å². The fraction of sp³-hybridized carbons (Fsp3) is 0.366. The van der Waals surface area contributed by atoms with Gasteiger partial charge in [0.2, 0.25) is 5.95 Å². The maximum atomic E-state index is 13.0. The molecule has 0 unspecified atom stereocenters. The summed E-state index contributed by atoms with van der Waals surface area (Å²) in [5, 5.41) is 44.8. The smallest absolute Gasteiger partial charge is 0.337 e. The predicted octanol–water partition coefficient (Wildman–Crippen LogP) is 3.81. The average molecular weight is 823 g/mol. The maximum absolute atomic E-state index is 13.0. The molecule has 4 heterocycles. The summed E-state index contributed by atoms with van der Waals surface area (Å²) >= 11 is 0. The van der Waals surface area contributed by atoms with Crippen LogP contribution in [0.5, 0.6) is 0 Å². The van der Waals surface area contributed by atoms with E-state index in [0.717, 1.165) is 16.7 Å². The minimum atomic E-state index is -1.15. The zero-order valence-electron chi connectivity index (χ0n) is 32.6. The number of tetrazole rings is 1. The second-order valence-electron chi connectivity index (χ2n) is 14.6. The van der Waals surface area contributed by atoms with E-state index in [2.05, 4.69) is 55.6 Å². The van der Waals surface area contributed by atoms with Crippen LogP contribution in [0.3, 0.4) is 0 Å². The Labute approximate surface area is 346 Å². The second kappa shape index (κ2) is 18.2. The van der Waals surface area contributed by atoms with Crippen LogP contribution in [0.15, 0.2) is 91.3 Å². The first-order valence-corrected chi connectivity index (χ1v) is 19.5. The van der Waals surface area contributed by atoms with E-state index < -0.39 is 30.3 Å². The highest BCUT2D eigenvalue weighted by Gasteiger charge is 2.45. The summed E-state index contributed by atoms with van der Waals surface area (Å²) in [6, 6.07) is 25.7. The van der Waals surface area contributed by atoms with Crippen LogP contribution in [0.25, 0.3) is 11.2 Å². The summed E-state index contributed by atoms with van der Waals surface area (Å²) in [7, 11) is 1.33. The van der Waals surface area contributed by atoms with Crippen LogP contribution in [0.2, 0.25) is 0 Å². The van der Waals surface area contributed by atoms with E-state index in [-0.39, 0.29) is 36.9 Å². The Balaban J connectivity index is 0.00000528. The topological polar surface area (TPSA) is 210 Å². The highest BCUT2D eigenvalue weighted by atomic mass is 35.5. The molecule has 0 spiro atoms. The number of aliphatic hydroxyl groups excluding tert-OH is 2. The number of nitrogens with one attached hydrogen (secondary N) is 3. The van der Waals surface area contributed by atoms with Gasteiger partial charge in [0.25, 0.3) is 0 Å². The number of hydrogen-bond donors (Lipinski definition) is 5. The van der Waals surface area contributed by atoms with Crippen LogP contribution in [-0.4, -0.2) is 107 Å². The molecule has 0 bridgehead atoms. The van der Waals surface area contributed by atoms with E-state index in [1.807, 2.05) is 48.2 Å². The van der Waals surface area contributed by atoms with Crippen molar-refractivity contribution in [3.05, 3.63) is 119 Å². The molecule has 1 aliphatic heterocycles. The summed E-state index contributed by atoms with van der Waals surface area (Å²) in [6.07, 6.45) is 0.912. The first-order valence-electron chi connectivity index (χ1n) is 19.5. The standard InChI is InChI=1S/C41H46N12O5.ClH/c1-3-33-48-50-53(49-33)32-20-31(35(54)36(32)55)52-24-44-34-37(42-22-30(26-10-6-4-7-11-26)27-12-8-5-9-13-27)46-40(47-38(34)52)51-19-18-29(23-51)45-41(57)43-21-25-14-16-28(17-15-25)39(56)58-2;/h4-17,24,29-32,35-36,54-55H,3,18-23H2,1-2H3,(H,42,46,47)(H2,43,45,57);1H/t29-,31-,32+,35+,36-;/m1./s1. The van der Waals surface area contributed by atoms with Gasteiger partial charge in [-0.2, -0.15) is 14.8 Å². The Hall–Kier alpha value is -6.17. The Bertz CT molecular complexity index is 2310. The van der Waals surface area contributed by atoms with Gasteiger partial charge in [0.1, 0.15) is 18.2 Å². The molecular weight excluding hydrogens is 776 g/mol. The number of aromatic nitrogens is 8. The van der Waals surface area contributed by atoms with Gasteiger partial charge in [-0.15, -0.1) is 22.6 Å². The summed E-state index contributed by atoms with van der Waals surface area (Å²) in [6.45, 7) is 3.76. The Morgan fingerprint density at radius 2 is 1.63 bits per heavy atom. The Morgan fingerprint density at radius 3 is 2.29 bits per heavy atom. The SMILES string of the molecule is CCc1nnn([C@H]2C[C@@H](n3cnc4c(NCC(c5ccccc5)c5ccccc5)nc(N5CC[C@@H](NC(=O)NCc6ccc(C(=O)OC)cc6)C5)nc43)[C@H](O)[C@@H]2O)n1.Cl. The number of nitrogens with zero attached hydrogens (tertiary/aromatic N) is 9. The van der Waals surface area contributed by atoms with E-state index in [4.69, 9.17) is 19.7 Å². The number of anilines is 2. The van der Waals surface area contributed by atoms with Gasteiger partial charge in [0, 0.05) is 44.6 Å². The third-order valence-corrected chi connectivity index (χ3v) is 11.0. The molecule has 59 heavy (non-hydrogen) atoms. The largest absolute Gasteiger partial charge is 0.465 e. The zero-order valence-corrected chi connectivity index (χ0v) is 33.4. The number of ether oxygens (including phenoxy) is 1. The van der Waals surface area contributed by atoms with Crippen LogP contribution in [0.4, 0.5) is 16.6 Å². The summed E-state index contributed by atoms with van der Waals surface area (Å²) in [5.74, 6) is 1.10. The molecule has 17 nitrogen and oxygen atoms in total. The maximum Gasteiger partial charge on any atom is 0.337 e. The van der Waals surface area contributed by atoms with Gasteiger partial charge in [-0.05, 0) is 46.9 Å². The predicted molar refractivity (Wildman–Crippen MR) is 221 cm³/mol. The summed E-state index contributed by atoms with van der Waals surface area (Å²) in [4.78, 5) is 43.0. The third kappa shape index (κ3) is 8.81. The fourth-order valence-corrected chi connectivity index (χ4v) is 7.79. The number of fused-ring (bicyclic) bond motifs is 1. The molecule has 1 saturated heterocycles. The van der Waals surface area contributed by atoms with Gasteiger partial charge < -0.3 is 40.4 Å². The molecule has 1 aliphatic carbocycles. The lowest BCUT2D eigenvalue weighted by molar-refractivity contribution is 0.00473. The van der Waals surface area contributed by atoms with E-state index in [0.29, 0.717) is 73.2 Å². The molecule has 2 fully saturated rings. The highest BCUT2D eigenvalue weighted by Crippen LogP contribution is 2.40. The van der Waals surface area contributed by atoms with Gasteiger partial charge in [-0.1, -0.05) is 79.7 Å². The van der Waals surface area contributed by atoms with Crippen molar-refractivity contribution in [2.75, 3.05) is 37.0 Å². The van der Waals surface area contributed by atoms with Crippen LogP contribution >= 0.6 is 12.4 Å². The third-order valence-electron chi connectivity index (χ3n) is 11.0. The van der Waals surface area contributed by atoms with Crippen molar-refractivity contribution in [1.29, 1.82) is 0 Å². The minimum absolute atomic E-state index is 0. The van der Waals surface area contributed by atoms with Gasteiger partial charge in [-0.25, -0.2) is 14.6 Å². The number of carbonyl (C=O) groups is 2. The molecule has 1 saturated carbocycles. The number of imidazole rings is 1. The molecule has 2 amide bonds. The molecule has 5 atom stereocenters. The van der Waals surface area contributed by atoms with Crippen LogP contribution in [0, 0.1) is 0 Å². The zero-order chi connectivity index (χ0) is 40.2. The normalized spacial score (nSPS) is 20.1. The number of aliphatic hydroxyl groups is 2. The van der Waals surface area contributed by atoms with Gasteiger partial charge in [-0.3, -0.25) is 0 Å². The molecule has 6 aromatic rings. The lowest BCUT2D eigenvalue weighted by atomic mass is 9.91. The number of benzene rings is 3. The number of esters is 1. The Morgan fingerprint density at radius 1 is 0.932 bits per heavy atom. The molecule has 5 N–H and O–H groups in total. The van der Waals surface area contributed by atoms with Crippen LogP contribution < -0.4 is 20.9 Å². The molecule has 3 aromatic carbocycles. The number of methoxy groups -OCH3 is 1. The molecule has 308 valence electrons. The monoisotopic (exact) mass is 822 g/mol.